The summed E-state index contributed by atoms with van der Waals surface area (Å²) >= 11 is 0. The van der Waals surface area contributed by atoms with Gasteiger partial charge in [0.2, 0.25) is 5.91 Å². The van der Waals surface area contributed by atoms with E-state index in [0.29, 0.717) is 11.8 Å². The number of anilines is 1. The Balaban J connectivity index is 0.000000200. The molecule has 0 aliphatic carbocycles. The van der Waals surface area contributed by atoms with Gasteiger partial charge < -0.3 is 40.2 Å². The number of nitrogens with one attached hydrogen (secondary N) is 8. The predicted octanol–water partition coefficient (Wildman–Crippen LogP) is 34.4. The fourth-order valence-electron chi connectivity index (χ4n) is 14.4. The zero-order valence-electron chi connectivity index (χ0n) is 96.1. The van der Waals surface area contributed by atoms with Crippen molar-refractivity contribution in [3.63, 3.8) is 0 Å². The van der Waals surface area contributed by atoms with Crippen LogP contribution in [0.1, 0.15) is 416 Å². The molecule has 15 rings (SSSR count). The Bertz CT molecular complexity index is 6640. The molecule has 0 saturated carbocycles. The molecule has 8 aromatic carbocycles. The first kappa shape index (κ1) is 116. The lowest BCUT2D eigenvalue weighted by atomic mass is 9.86. The van der Waals surface area contributed by atoms with Gasteiger partial charge in [-0.2, -0.15) is 0 Å². The first-order valence-corrected chi connectivity index (χ1v) is 51.2. The van der Waals surface area contributed by atoms with Crippen LogP contribution in [0.3, 0.4) is 0 Å². The molecule has 16 nitrogen and oxygen atoms in total. The van der Waals surface area contributed by atoms with Gasteiger partial charge in [0.1, 0.15) is 46.5 Å². The Hall–Kier alpha value is -11.7. The lowest BCUT2D eigenvalue weighted by Gasteiger charge is -2.19. The highest BCUT2D eigenvalue weighted by Crippen LogP contribution is 2.37. The van der Waals surface area contributed by atoms with E-state index in [1.165, 1.54) is 72.1 Å². The maximum atomic E-state index is 11.7. The van der Waals surface area contributed by atoms with E-state index >= 15 is 0 Å². The van der Waals surface area contributed by atoms with Crippen LogP contribution < -0.4 is 5.32 Å². The number of imidazole rings is 7. The first-order chi connectivity index (χ1) is 64.7. The normalized spacial score (nSPS) is 12.7. The number of benzene rings is 8. The van der Waals surface area contributed by atoms with E-state index in [2.05, 4.69) is 531 Å². The van der Waals surface area contributed by atoms with Gasteiger partial charge in [-0.1, -0.05) is 413 Å². The largest absolute Gasteiger partial charge is 0.345 e. The van der Waals surface area contributed by atoms with Crippen LogP contribution in [0.2, 0.25) is 0 Å². The van der Waals surface area contributed by atoms with Crippen LogP contribution in [0, 0.1) is 22.7 Å². The molecule has 0 spiro atoms. The van der Waals surface area contributed by atoms with E-state index in [-0.39, 0.29) is 81.7 Å². The molecule has 15 aromatic rings. The van der Waals surface area contributed by atoms with Crippen molar-refractivity contribution < 1.29 is 4.79 Å². The second-order valence-corrected chi connectivity index (χ2v) is 53.6. The topological polar surface area (TPSA) is 230 Å². The van der Waals surface area contributed by atoms with Gasteiger partial charge in [0, 0.05) is 77.3 Å². The van der Waals surface area contributed by atoms with Gasteiger partial charge in [-0.3, -0.25) is 4.79 Å². The number of hydrogen-bond acceptors (Lipinski definition) is 8. The highest BCUT2D eigenvalue weighted by Gasteiger charge is 2.29. The molecule has 1 amide bonds. The average molecular weight is 1920 g/mol. The number of aromatic amines is 7. The standard InChI is InChI=1S/2C21H26N2.C17H24N2.C15H22N2.C14H20N2.C14H21NO.C13H20N2.C11H20N2/c1-20(2,3)16-10-7-14(8-11-16)15-9-12-17-18(13-15)23-19(22-17)21(4,5)6;1-20(2,3)17-10-9-14-11-16(8-7-15(14)12-17)18-13-22-19(23-18)21(4,5)6;1-16(2,3)13-9-7-12(8-10-13)14-11-18-15(19-14)17(4,5)6;1-14(2,3)10-7-8-11-12(9-10)17-13(16-11)15(4,5)6;1-9(2)10-6-7-11-12(8-10)16-13(15-11)14(3,4)5;1-10(2)11-6-8-12(9-7-11)15-13(16)14(3,4)5;1-12(2,3)8-7-10-9-14-11(15-10)13(4,5)6;1-10(2,3)8-7-12-9(13-8)11(4,5)6/h2*7-13H,1-6H3,(H,22,23);7-11H,1-6H3,(H,18,19);7-9H,1-6H3,(H,16,17);6-9H,1-5H3,(H,15,16);6-10H,1-5H3,(H,15,16);9H,1-6H3,(H,14,15);7H,1-6H3,(H,12,13). The van der Waals surface area contributed by atoms with Crippen LogP contribution in [0.4, 0.5) is 5.69 Å². The number of nitrogens with zero attached hydrogens (tertiary/aromatic N) is 7. The SMILES string of the molecule is CC(C)(C)C#Cc1cnc(C(C)(C)C)[nH]1.CC(C)(C)c1ccc(-c2ccc3nc(C(C)(C)C)[nH]c3c2)cc1.CC(C)(C)c1ccc(-c2cnc(C(C)(C)C)[nH]2)cc1.CC(C)(C)c1ccc2cc(-c3cnc(C(C)(C)C)[nH]3)ccc2c1.CC(C)(C)c1ccc2nc(C(C)(C)C)[nH]c2c1.CC(C)(C)c1cnc(C(C)(C)C)[nH]1.CC(C)c1ccc(NC(=O)C(C)(C)C)cc1.CC(C)c1ccc2nc(C(C)(C)C)[nH]c2c1. The summed E-state index contributed by atoms with van der Waals surface area (Å²) in [6, 6.07) is 58.5. The quantitative estimate of drug-likeness (QED) is 0.0745. The van der Waals surface area contributed by atoms with Crippen LogP contribution in [0.25, 0.3) is 77.5 Å². The van der Waals surface area contributed by atoms with E-state index in [1.54, 1.807) is 6.20 Å². The summed E-state index contributed by atoms with van der Waals surface area (Å²) in [5.74, 6) is 14.7. The summed E-state index contributed by atoms with van der Waals surface area (Å²) < 4.78 is 0. The molecule has 0 unspecified atom stereocenters. The third-order valence-electron chi connectivity index (χ3n) is 24.3. The maximum absolute atomic E-state index is 11.7. The molecule has 7 heterocycles. The van der Waals surface area contributed by atoms with Crippen molar-refractivity contribution in [1.29, 1.82) is 0 Å². The van der Waals surface area contributed by atoms with Gasteiger partial charge in [-0.15, -0.1) is 0 Å². The van der Waals surface area contributed by atoms with Crippen LogP contribution >= 0.6 is 0 Å². The summed E-state index contributed by atoms with van der Waals surface area (Å²) in [4.78, 5) is 67.3. The molecular formula is C126H179N15O. The van der Waals surface area contributed by atoms with Crippen molar-refractivity contribution in [3.8, 4) is 45.5 Å². The van der Waals surface area contributed by atoms with Gasteiger partial charge in [-0.05, 0) is 176 Å². The Morgan fingerprint density at radius 3 is 0.993 bits per heavy atom. The zero-order valence-corrected chi connectivity index (χ0v) is 96.1. The number of carbonyl (C=O) groups excluding carboxylic acids is 1. The summed E-state index contributed by atoms with van der Waals surface area (Å²) in [7, 11) is 0. The van der Waals surface area contributed by atoms with Crippen molar-refractivity contribution in [2.24, 2.45) is 10.8 Å². The number of hydrogen-bond donors (Lipinski definition) is 8. The van der Waals surface area contributed by atoms with Crippen molar-refractivity contribution >= 4 is 55.5 Å². The molecule has 764 valence electrons. The summed E-state index contributed by atoms with van der Waals surface area (Å²) in [6.45, 7) is 99.7. The van der Waals surface area contributed by atoms with Crippen LogP contribution in [0.15, 0.2) is 189 Å². The van der Waals surface area contributed by atoms with Crippen molar-refractivity contribution in [2.75, 3.05) is 5.32 Å². The number of aromatic nitrogens is 14. The van der Waals surface area contributed by atoms with E-state index in [0.717, 1.165) is 96.6 Å². The molecule has 0 radical (unpaired) electrons. The molecule has 16 heteroatoms. The Kier molecular flexibility index (Phi) is 36.0. The third kappa shape index (κ3) is 34.0. The van der Waals surface area contributed by atoms with Gasteiger partial charge in [0.25, 0.3) is 0 Å². The van der Waals surface area contributed by atoms with Crippen molar-refractivity contribution in [2.45, 2.75) is 395 Å². The number of carbonyl (C=O) groups is 1. The van der Waals surface area contributed by atoms with Crippen LogP contribution in [-0.2, 0) is 69.8 Å². The first-order valence-electron chi connectivity index (χ1n) is 51.2. The van der Waals surface area contributed by atoms with E-state index in [1.807, 2.05) is 51.5 Å². The minimum atomic E-state index is -0.350. The van der Waals surface area contributed by atoms with Gasteiger partial charge in [-0.25, -0.2) is 34.9 Å². The van der Waals surface area contributed by atoms with E-state index in [9.17, 15) is 4.79 Å². The lowest BCUT2D eigenvalue weighted by molar-refractivity contribution is -0.123. The fourth-order valence-corrected chi connectivity index (χ4v) is 14.4. The minimum Gasteiger partial charge on any atom is -0.345 e. The summed E-state index contributed by atoms with van der Waals surface area (Å²) in [5, 5.41) is 5.46. The smallest absolute Gasteiger partial charge is 0.229 e. The second kappa shape index (κ2) is 44.3. The van der Waals surface area contributed by atoms with Crippen LogP contribution in [-0.4, -0.2) is 75.7 Å². The van der Waals surface area contributed by atoms with Crippen molar-refractivity contribution in [3.05, 3.63) is 274 Å². The predicted molar refractivity (Wildman–Crippen MR) is 610 cm³/mol. The molecule has 142 heavy (non-hydrogen) atoms. The molecule has 7 aromatic heterocycles. The number of amides is 1. The lowest BCUT2D eigenvalue weighted by Crippen LogP contribution is -2.27. The monoisotopic (exact) mass is 1920 g/mol. The average Bonchev–Trinajstić information content (AvgIpc) is 1.66. The molecule has 0 aliphatic rings. The van der Waals surface area contributed by atoms with Gasteiger partial charge in [0.15, 0.2) is 0 Å². The highest BCUT2D eigenvalue weighted by atomic mass is 16.2. The molecule has 0 saturated heterocycles. The summed E-state index contributed by atoms with van der Waals surface area (Å²) in [5.41, 5.74) is 25.6. The molecular weight excluding hydrogens is 1740 g/mol. The van der Waals surface area contributed by atoms with E-state index < -0.39 is 0 Å². The highest BCUT2D eigenvalue weighted by molar-refractivity contribution is 5.94. The summed E-state index contributed by atoms with van der Waals surface area (Å²) in [6.07, 6.45) is 7.61. The molecule has 0 bridgehead atoms. The Morgan fingerprint density at radius 1 is 0.275 bits per heavy atom. The van der Waals surface area contributed by atoms with E-state index in [4.69, 9.17) is 4.98 Å². The molecule has 0 fully saturated rings. The minimum absolute atomic E-state index is 0.0347. The number of rotatable bonds is 6. The Morgan fingerprint density at radius 2 is 0.606 bits per heavy atom. The maximum Gasteiger partial charge on any atom is 0.229 e. The Labute approximate surface area is 855 Å². The molecule has 8 N–H and O–H groups in total. The van der Waals surface area contributed by atoms with Gasteiger partial charge in [0.05, 0.1) is 63.1 Å². The second-order valence-electron chi connectivity index (χ2n) is 53.6. The fraction of sp³-hybridized carbons (Fsp3) is 0.492. The molecule has 0 aliphatic heterocycles. The van der Waals surface area contributed by atoms with Gasteiger partial charge >= 0.3 is 0 Å². The molecule has 0 atom stereocenters. The third-order valence-corrected chi connectivity index (χ3v) is 24.3. The van der Waals surface area contributed by atoms with Crippen LogP contribution in [0.5, 0.6) is 0 Å². The van der Waals surface area contributed by atoms with Crippen molar-refractivity contribution in [1.82, 2.24) is 69.8 Å². The zero-order chi connectivity index (χ0) is 107. The number of H-pyrrole nitrogens is 7. The number of fused-ring (bicyclic) bond motifs is 4.